The molecule has 1 aromatic carbocycles. The lowest BCUT2D eigenvalue weighted by molar-refractivity contribution is 0.00695. The fourth-order valence-electron chi connectivity index (χ4n) is 1.06. The number of rotatable bonds is 1. The lowest BCUT2D eigenvalue weighted by atomic mass is 10.1. The van der Waals surface area contributed by atoms with Crippen LogP contribution in [0.15, 0.2) is 18.2 Å². The molecule has 1 aromatic rings. The van der Waals surface area contributed by atoms with Gasteiger partial charge in [-0.1, -0.05) is 31.5 Å². The van der Waals surface area contributed by atoms with Gasteiger partial charge in [0.2, 0.25) is 0 Å². The van der Waals surface area contributed by atoms with Crippen molar-refractivity contribution in [2.45, 2.75) is 47.1 Å². The summed E-state index contributed by atoms with van der Waals surface area (Å²) in [5.41, 5.74) is 0.957. The summed E-state index contributed by atoms with van der Waals surface area (Å²) in [6, 6.07) is 5.15. The standard InChI is InChI=1S/C12H15ClO2.C2H6/c1-8-5-6-9(7-10(8)13)11(14)15-12(2,3)4;1-2/h5-7H,1-4H3;1-2H3. The number of esters is 1. The van der Waals surface area contributed by atoms with Crippen LogP contribution in [0.4, 0.5) is 0 Å². The van der Waals surface area contributed by atoms with Crippen LogP contribution in [0.2, 0.25) is 5.02 Å². The molecule has 0 aliphatic carbocycles. The second kappa shape index (κ2) is 6.65. The van der Waals surface area contributed by atoms with E-state index in [0.717, 1.165) is 5.56 Å². The number of aryl methyl sites for hydroxylation is 1. The Morgan fingerprint density at radius 3 is 2.18 bits per heavy atom. The minimum Gasteiger partial charge on any atom is -0.456 e. The molecule has 0 unspecified atom stereocenters. The van der Waals surface area contributed by atoms with E-state index in [1.807, 2.05) is 47.6 Å². The van der Waals surface area contributed by atoms with Crippen molar-refractivity contribution in [1.82, 2.24) is 0 Å². The van der Waals surface area contributed by atoms with E-state index in [-0.39, 0.29) is 5.97 Å². The highest BCUT2D eigenvalue weighted by Gasteiger charge is 2.18. The van der Waals surface area contributed by atoms with Gasteiger partial charge in [0.05, 0.1) is 5.56 Å². The van der Waals surface area contributed by atoms with E-state index in [9.17, 15) is 4.79 Å². The number of hydrogen-bond acceptors (Lipinski definition) is 2. The van der Waals surface area contributed by atoms with Crippen LogP contribution in [0.25, 0.3) is 0 Å². The molecule has 1 rings (SSSR count). The Kier molecular flexibility index (Phi) is 6.25. The molecule has 0 amide bonds. The predicted molar refractivity (Wildman–Crippen MR) is 72.7 cm³/mol. The highest BCUT2D eigenvalue weighted by molar-refractivity contribution is 6.31. The van der Waals surface area contributed by atoms with E-state index in [0.29, 0.717) is 10.6 Å². The van der Waals surface area contributed by atoms with Crippen molar-refractivity contribution in [3.63, 3.8) is 0 Å². The van der Waals surface area contributed by atoms with Crippen molar-refractivity contribution in [1.29, 1.82) is 0 Å². The van der Waals surface area contributed by atoms with E-state index in [1.54, 1.807) is 12.1 Å². The summed E-state index contributed by atoms with van der Waals surface area (Å²) >= 11 is 5.92. The monoisotopic (exact) mass is 256 g/mol. The number of carbonyl (C=O) groups excluding carboxylic acids is 1. The third-order valence-electron chi connectivity index (χ3n) is 1.81. The molecule has 0 aliphatic heterocycles. The van der Waals surface area contributed by atoms with E-state index < -0.39 is 5.60 Å². The lowest BCUT2D eigenvalue weighted by Crippen LogP contribution is -2.23. The first-order valence-corrected chi connectivity index (χ1v) is 6.17. The molecule has 0 spiro atoms. The average molecular weight is 257 g/mol. The molecule has 2 nitrogen and oxygen atoms in total. The van der Waals surface area contributed by atoms with Crippen LogP contribution in [0.1, 0.15) is 50.5 Å². The van der Waals surface area contributed by atoms with Gasteiger partial charge in [-0.05, 0) is 45.4 Å². The number of hydrogen-bond donors (Lipinski definition) is 0. The summed E-state index contributed by atoms with van der Waals surface area (Å²) in [6.07, 6.45) is 0. The summed E-state index contributed by atoms with van der Waals surface area (Å²) in [5, 5.41) is 0.582. The summed E-state index contributed by atoms with van der Waals surface area (Å²) in [4.78, 5) is 11.6. The van der Waals surface area contributed by atoms with Gasteiger partial charge in [-0.25, -0.2) is 4.79 Å². The zero-order valence-corrected chi connectivity index (χ0v) is 12.2. The molecule has 0 bridgehead atoms. The summed E-state index contributed by atoms with van der Waals surface area (Å²) in [7, 11) is 0. The van der Waals surface area contributed by atoms with Crippen molar-refractivity contribution in [2.75, 3.05) is 0 Å². The zero-order valence-electron chi connectivity index (χ0n) is 11.4. The molecule has 0 saturated carbocycles. The van der Waals surface area contributed by atoms with Crippen molar-refractivity contribution in [3.8, 4) is 0 Å². The van der Waals surface area contributed by atoms with Gasteiger partial charge in [0.15, 0.2) is 0 Å². The van der Waals surface area contributed by atoms with Gasteiger partial charge in [0, 0.05) is 5.02 Å². The first-order valence-electron chi connectivity index (χ1n) is 5.79. The van der Waals surface area contributed by atoms with Crippen LogP contribution in [0.3, 0.4) is 0 Å². The number of benzene rings is 1. The Bertz CT molecular complexity index is 378. The normalized spacial score (nSPS) is 10.3. The van der Waals surface area contributed by atoms with Gasteiger partial charge in [0.25, 0.3) is 0 Å². The Hall–Kier alpha value is -1.02. The van der Waals surface area contributed by atoms with Crippen LogP contribution < -0.4 is 0 Å². The molecule has 17 heavy (non-hydrogen) atoms. The average Bonchev–Trinajstić information content (AvgIpc) is 2.22. The van der Waals surface area contributed by atoms with Crippen LogP contribution in [-0.2, 0) is 4.74 Å². The van der Waals surface area contributed by atoms with Gasteiger partial charge in [0.1, 0.15) is 5.60 Å². The molecule has 0 aromatic heterocycles. The van der Waals surface area contributed by atoms with Crippen LogP contribution in [0, 0.1) is 6.92 Å². The highest BCUT2D eigenvalue weighted by atomic mass is 35.5. The number of halogens is 1. The zero-order chi connectivity index (χ0) is 13.6. The third kappa shape index (κ3) is 5.73. The predicted octanol–water partition coefficient (Wildman–Crippen LogP) is 4.63. The van der Waals surface area contributed by atoms with Gasteiger partial charge in [-0.2, -0.15) is 0 Å². The van der Waals surface area contributed by atoms with Crippen LogP contribution >= 0.6 is 11.6 Å². The summed E-state index contributed by atoms with van der Waals surface area (Å²) in [6.45, 7) is 11.4. The third-order valence-corrected chi connectivity index (χ3v) is 2.21. The van der Waals surface area contributed by atoms with Crippen LogP contribution in [-0.4, -0.2) is 11.6 Å². The Morgan fingerprint density at radius 1 is 1.24 bits per heavy atom. The number of carbonyl (C=O) groups is 1. The van der Waals surface area contributed by atoms with E-state index in [4.69, 9.17) is 16.3 Å². The minimum absolute atomic E-state index is 0.343. The molecule has 0 saturated heterocycles. The van der Waals surface area contributed by atoms with Crippen molar-refractivity contribution in [2.24, 2.45) is 0 Å². The minimum atomic E-state index is -0.478. The Balaban J connectivity index is 0.00000121. The Labute approximate surface area is 109 Å². The van der Waals surface area contributed by atoms with Gasteiger partial charge in [-0.3, -0.25) is 0 Å². The molecule has 0 aliphatic rings. The fraction of sp³-hybridized carbons (Fsp3) is 0.500. The van der Waals surface area contributed by atoms with Crippen LogP contribution in [0.5, 0.6) is 0 Å². The van der Waals surface area contributed by atoms with E-state index in [1.165, 1.54) is 0 Å². The van der Waals surface area contributed by atoms with Crippen molar-refractivity contribution in [3.05, 3.63) is 34.3 Å². The molecule has 0 fully saturated rings. The maximum Gasteiger partial charge on any atom is 0.338 e. The van der Waals surface area contributed by atoms with Gasteiger partial charge < -0.3 is 4.74 Å². The van der Waals surface area contributed by atoms with E-state index in [2.05, 4.69) is 0 Å². The molecule has 0 atom stereocenters. The van der Waals surface area contributed by atoms with E-state index >= 15 is 0 Å². The maximum atomic E-state index is 11.6. The molecule has 0 heterocycles. The topological polar surface area (TPSA) is 26.3 Å². The first-order chi connectivity index (χ1) is 7.79. The summed E-state index contributed by atoms with van der Waals surface area (Å²) < 4.78 is 5.22. The maximum absolute atomic E-state index is 11.6. The molecule has 3 heteroatoms. The molecular formula is C14H21ClO2. The van der Waals surface area contributed by atoms with Crippen molar-refractivity contribution < 1.29 is 9.53 Å². The molecule has 96 valence electrons. The molecule has 0 radical (unpaired) electrons. The fourth-order valence-corrected chi connectivity index (χ4v) is 1.24. The van der Waals surface area contributed by atoms with Gasteiger partial charge >= 0.3 is 5.97 Å². The first kappa shape index (κ1) is 16.0. The SMILES string of the molecule is CC.Cc1ccc(C(=O)OC(C)(C)C)cc1Cl. The lowest BCUT2D eigenvalue weighted by Gasteiger charge is -2.19. The van der Waals surface area contributed by atoms with Gasteiger partial charge in [-0.15, -0.1) is 0 Å². The molecule has 0 N–H and O–H groups in total. The second-order valence-electron chi connectivity index (χ2n) is 4.47. The van der Waals surface area contributed by atoms with Crippen molar-refractivity contribution >= 4 is 17.6 Å². The quantitative estimate of drug-likeness (QED) is 0.685. The highest BCUT2D eigenvalue weighted by Crippen LogP contribution is 2.19. The largest absolute Gasteiger partial charge is 0.456 e. The molecular weight excluding hydrogens is 236 g/mol. The number of ether oxygens (including phenoxy) is 1. The summed E-state index contributed by atoms with van der Waals surface area (Å²) in [5.74, 6) is -0.343. The smallest absolute Gasteiger partial charge is 0.338 e. The second-order valence-corrected chi connectivity index (χ2v) is 4.87. The Morgan fingerprint density at radius 2 is 1.76 bits per heavy atom.